The first-order valence-electron chi connectivity index (χ1n) is 9.26. The molecule has 0 aromatic heterocycles. The SMILES string of the molecule is CC(C)N(C)[C@@H]1CC[C@H](N2CC[C@H](NC(=O)O)C2=O)[C@@H](C(C)(C)O)C1. The largest absolute Gasteiger partial charge is 0.465 e. The molecule has 2 amide bonds. The average molecular weight is 355 g/mol. The fourth-order valence-corrected chi connectivity index (χ4v) is 4.37. The van der Waals surface area contributed by atoms with Crippen LogP contribution in [-0.2, 0) is 4.79 Å². The Kier molecular flexibility index (Phi) is 5.99. The topological polar surface area (TPSA) is 93.1 Å². The molecule has 2 fully saturated rings. The van der Waals surface area contributed by atoms with Gasteiger partial charge in [0.25, 0.3) is 0 Å². The summed E-state index contributed by atoms with van der Waals surface area (Å²) in [6, 6.07) is 0.126. The Labute approximate surface area is 150 Å². The van der Waals surface area contributed by atoms with E-state index in [4.69, 9.17) is 5.11 Å². The van der Waals surface area contributed by atoms with Crippen molar-refractivity contribution in [3.05, 3.63) is 0 Å². The lowest BCUT2D eigenvalue weighted by atomic mass is 9.72. The van der Waals surface area contributed by atoms with E-state index in [0.717, 1.165) is 19.3 Å². The van der Waals surface area contributed by atoms with E-state index in [1.54, 1.807) is 4.90 Å². The number of nitrogens with one attached hydrogen (secondary N) is 1. The maximum Gasteiger partial charge on any atom is 0.405 e. The van der Waals surface area contributed by atoms with E-state index in [2.05, 4.69) is 31.1 Å². The number of rotatable bonds is 5. The molecule has 3 N–H and O–H groups in total. The van der Waals surface area contributed by atoms with E-state index < -0.39 is 17.7 Å². The maximum absolute atomic E-state index is 12.6. The van der Waals surface area contributed by atoms with Gasteiger partial charge >= 0.3 is 6.09 Å². The first kappa shape index (κ1) is 20.0. The summed E-state index contributed by atoms with van der Waals surface area (Å²) in [6.45, 7) is 8.51. The summed E-state index contributed by atoms with van der Waals surface area (Å²) in [5.74, 6) is -0.183. The van der Waals surface area contributed by atoms with Gasteiger partial charge in [-0.3, -0.25) is 4.79 Å². The lowest BCUT2D eigenvalue weighted by molar-refractivity contribution is -0.137. The van der Waals surface area contributed by atoms with E-state index in [1.165, 1.54) is 0 Å². The van der Waals surface area contributed by atoms with E-state index in [0.29, 0.717) is 25.0 Å². The van der Waals surface area contributed by atoms with E-state index >= 15 is 0 Å². The number of nitrogens with zero attached hydrogens (tertiary/aromatic N) is 2. The summed E-state index contributed by atoms with van der Waals surface area (Å²) < 4.78 is 0. The predicted molar refractivity (Wildman–Crippen MR) is 95.4 cm³/mol. The normalized spacial score (nSPS) is 31.0. The van der Waals surface area contributed by atoms with Crippen molar-refractivity contribution in [2.75, 3.05) is 13.6 Å². The Balaban J connectivity index is 2.14. The first-order valence-corrected chi connectivity index (χ1v) is 9.26. The molecule has 25 heavy (non-hydrogen) atoms. The Morgan fingerprint density at radius 2 is 1.96 bits per heavy atom. The van der Waals surface area contributed by atoms with Crippen molar-refractivity contribution in [1.29, 1.82) is 0 Å². The van der Waals surface area contributed by atoms with Gasteiger partial charge < -0.3 is 25.3 Å². The zero-order valence-electron chi connectivity index (χ0n) is 16.0. The van der Waals surface area contributed by atoms with Crippen molar-refractivity contribution in [3.63, 3.8) is 0 Å². The fourth-order valence-electron chi connectivity index (χ4n) is 4.37. The Morgan fingerprint density at radius 1 is 1.32 bits per heavy atom. The number of carboxylic acid groups (broad SMARTS) is 1. The van der Waals surface area contributed by atoms with Gasteiger partial charge in [-0.25, -0.2) is 4.79 Å². The zero-order chi connectivity index (χ0) is 18.9. The predicted octanol–water partition coefficient (Wildman–Crippen LogP) is 1.50. The Bertz CT molecular complexity index is 503. The molecule has 0 spiro atoms. The van der Waals surface area contributed by atoms with Crippen molar-refractivity contribution in [2.45, 2.75) is 83.1 Å². The number of hydrogen-bond donors (Lipinski definition) is 3. The first-order chi connectivity index (χ1) is 11.5. The summed E-state index contributed by atoms with van der Waals surface area (Å²) in [5, 5.41) is 21.9. The van der Waals surface area contributed by atoms with Crippen LogP contribution in [0.2, 0.25) is 0 Å². The van der Waals surface area contributed by atoms with Crippen molar-refractivity contribution >= 4 is 12.0 Å². The lowest BCUT2D eigenvalue weighted by Gasteiger charge is -2.48. The molecule has 1 aliphatic heterocycles. The Hall–Kier alpha value is -1.34. The minimum atomic E-state index is -1.17. The Morgan fingerprint density at radius 3 is 2.48 bits per heavy atom. The molecule has 2 aliphatic rings. The van der Waals surface area contributed by atoms with Gasteiger partial charge in [0.15, 0.2) is 0 Å². The van der Waals surface area contributed by atoms with Gasteiger partial charge in [0, 0.05) is 30.6 Å². The van der Waals surface area contributed by atoms with Gasteiger partial charge in [-0.1, -0.05) is 0 Å². The average Bonchev–Trinajstić information content (AvgIpc) is 2.85. The van der Waals surface area contributed by atoms with Crippen molar-refractivity contribution in [1.82, 2.24) is 15.1 Å². The van der Waals surface area contributed by atoms with Gasteiger partial charge in [0.05, 0.1) is 5.60 Å². The smallest absolute Gasteiger partial charge is 0.405 e. The molecule has 0 aromatic carbocycles. The molecule has 144 valence electrons. The molecule has 0 unspecified atom stereocenters. The van der Waals surface area contributed by atoms with Gasteiger partial charge in [0.2, 0.25) is 5.91 Å². The monoisotopic (exact) mass is 355 g/mol. The standard InChI is InChI=1S/C18H33N3O4/c1-11(2)20(5)12-6-7-15(13(10-12)18(3,4)25)21-9-8-14(16(21)22)19-17(23)24/h11-15,19,25H,6-10H2,1-5H3,(H,23,24)/t12-,13+,14+,15+/m1/s1. The number of carbonyl (C=O) groups is 2. The second kappa shape index (κ2) is 7.50. The summed E-state index contributed by atoms with van der Waals surface area (Å²) >= 11 is 0. The highest BCUT2D eigenvalue weighted by Crippen LogP contribution is 2.39. The minimum absolute atomic E-state index is 0.0278. The number of likely N-dealkylation sites (tertiary alicyclic amines) is 1. The van der Waals surface area contributed by atoms with Gasteiger partial charge in [-0.15, -0.1) is 0 Å². The molecule has 7 nitrogen and oxygen atoms in total. The highest BCUT2D eigenvalue weighted by atomic mass is 16.4. The van der Waals surface area contributed by atoms with Gasteiger partial charge in [-0.2, -0.15) is 0 Å². The number of carbonyl (C=O) groups excluding carboxylic acids is 1. The van der Waals surface area contributed by atoms with E-state index in [9.17, 15) is 14.7 Å². The molecule has 1 heterocycles. The zero-order valence-corrected chi connectivity index (χ0v) is 16.0. The van der Waals surface area contributed by atoms with Crippen LogP contribution < -0.4 is 5.32 Å². The summed E-state index contributed by atoms with van der Waals surface area (Å²) in [7, 11) is 2.12. The fraction of sp³-hybridized carbons (Fsp3) is 0.889. The van der Waals surface area contributed by atoms with Crippen LogP contribution in [0.3, 0.4) is 0 Å². The number of aliphatic hydroxyl groups is 1. The van der Waals surface area contributed by atoms with Crippen molar-refractivity contribution in [3.8, 4) is 0 Å². The molecular weight excluding hydrogens is 322 g/mol. The molecule has 7 heteroatoms. The summed E-state index contributed by atoms with van der Waals surface area (Å²) in [4.78, 5) is 27.6. The highest BCUT2D eigenvalue weighted by Gasteiger charge is 2.47. The molecule has 0 radical (unpaired) electrons. The van der Waals surface area contributed by atoms with Crippen molar-refractivity contribution < 1.29 is 19.8 Å². The maximum atomic E-state index is 12.6. The molecule has 1 saturated heterocycles. The molecule has 4 atom stereocenters. The van der Waals surface area contributed by atoms with Crippen LogP contribution in [0.1, 0.15) is 53.4 Å². The summed E-state index contributed by atoms with van der Waals surface area (Å²) in [6.07, 6.45) is 1.98. The van der Waals surface area contributed by atoms with Crippen LogP contribution >= 0.6 is 0 Å². The third kappa shape index (κ3) is 4.44. The second-order valence-corrected chi connectivity index (χ2v) is 8.38. The van der Waals surface area contributed by atoms with Crippen molar-refractivity contribution in [2.24, 2.45) is 5.92 Å². The minimum Gasteiger partial charge on any atom is -0.465 e. The summed E-state index contributed by atoms with van der Waals surface area (Å²) in [5.41, 5.74) is -0.889. The van der Waals surface area contributed by atoms with Crippen LogP contribution in [0.15, 0.2) is 0 Å². The van der Waals surface area contributed by atoms with Crippen LogP contribution in [0.5, 0.6) is 0 Å². The molecule has 0 aromatic rings. The van der Waals surface area contributed by atoms with Gasteiger partial charge in [-0.05, 0) is 60.4 Å². The van der Waals surface area contributed by atoms with E-state index in [-0.39, 0.29) is 17.9 Å². The van der Waals surface area contributed by atoms with Crippen LogP contribution in [0, 0.1) is 5.92 Å². The third-order valence-corrected chi connectivity index (χ3v) is 6.02. The third-order valence-electron chi connectivity index (χ3n) is 6.02. The molecular formula is C18H33N3O4. The van der Waals surface area contributed by atoms with Crippen LogP contribution in [-0.4, -0.2) is 75.4 Å². The number of amides is 2. The lowest BCUT2D eigenvalue weighted by Crippen LogP contribution is -2.56. The van der Waals surface area contributed by atoms with Crippen LogP contribution in [0.4, 0.5) is 4.79 Å². The van der Waals surface area contributed by atoms with Gasteiger partial charge in [0.1, 0.15) is 6.04 Å². The van der Waals surface area contributed by atoms with Crippen LogP contribution in [0.25, 0.3) is 0 Å². The molecule has 2 rings (SSSR count). The second-order valence-electron chi connectivity index (χ2n) is 8.38. The molecule has 1 saturated carbocycles. The molecule has 1 aliphatic carbocycles. The molecule has 0 bridgehead atoms. The quantitative estimate of drug-likeness (QED) is 0.695. The van der Waals surface area contributed by atoms with E-state index in [1.807, 2.05) is 13.8 Å². The highest BCUT2D eigenvalue weighted by molar-refractivity contribution is 5.87. The number of hydrogen-bond acceptors (Lipinski definition) is 4.